The third-order valence-electron chi connectivity index (χ3n) is 2.27. The van der Waals surface area contributed by atoms with E-state index in [2.05, 4.69) is 0 Å². The summed E-state index contributed by atoms with van der Waals surface area (Å²) < 4.78 is 18.2. The van der Waals surface area contributed by atoms with E-state index in [1.165, 1.54) is 12.1 Å². The van der Waals surface area contributed by atoms with Crippen LogP contribution in [0.3, 0.4) is 0 Å². The fourth-order valence-corrected chi connectivity index (χ4v) is 1.51. The number of aliphatic hydroxyl groups is 1. The van der Waals surface area contributed by atoms with E-state index in [4.69, 9.17) is 9.52 Å². The van der Waals surface area contributed by atoms with Crippen LogP contribution >= 0.6 is 0 Å². The van der Waals surface area contributed by atoms with Crippen molar-refractivity contribution < 1.29 is 13.9 Å². The average Bonchev–Trinajstić information content (AvgIpc) is 2.66. The number of hydrogen-bond donors (Lipinski definition) is 1. The lowest BCUT2D eigenvalue weighted by Gasteiger charge is -2.02. The first kappa shape index (κ1) is 9.93. The van der Waals surface area contributed by atoms with Gasteiger partial charge in [0.1, 0.15) is 23.9 Å². The quantitative estimate of drug-likeness (QED) is 0.819. The van der Waals surface area contributed by atoms with Crippen molar-refractivity contribution in [2.75, 3.05) is 0 Å². The van der Waals surface area contributed by atoms with Crippen molar-refractivity contribution >= 4 is 0 Å². The Morgan fingerprint density at radius 1 is 1.27 bits per heavy atom. The SMILES string of the molecule is Cc1cc(F)ccc1-c1ccc(CO)o1. The van der Waals surface area contributed by atoms with Gasteiger partial charge in [-0.1, -0.05) is 0 Å². The van der Waals surface area contributed by atoms with E-state index in [-0.39, 0.29) is 12.4 Å². The smallest absolute Gasteiger partial charge is 0.134 e. The Morgan fingerprint density at radius 3 is 2.67 bits per heavy atom. The van der Waals surface area contributed by atoms with Crippen LogP contribution in [0.1, 0.15) is 11.3 Å². The standard InChI is InChI=1S/C12H11FO2/c1-8-6-9(13)2-4-11(8)12-5-3-10(7-14)15-12/h2-6,14H,7H2,1H3. The molecule has 0 atom stereocenters. The van der Waals surface area contributed by atoms with Gasteiger partial charge in [-0.2, -0.15) is 0 Å². The second-order valence-corrected chi connectivity index (χ2v) is 3.38. The minimum absolute atomic E-state index is 0.125. The molecular weight excluding hydrogens is 195 g/mol. The lowest BCUT2D eigenvalue weighted by Crippen LogP contribution is -1.83. The largest absolute Gasteiger partial charge is 0.459 e. The zero-order valence-corrected chi connectivity index (χ0v) is 8.33. The van der Waals surface area contributed by atoms with Crippen LogP contribution in [0.25, 0.3) is 11.3 Å². The molecule has 0 spiro atoms. The molecule has 1 N–H and O–H groups in total. The summed E-state index contributed by atoms with van der Waals surface area (Å²) in [5, 5.41) is 8.86. The Morgan fingerprint density at radius 2 is 2.07 bits per heavy atom. The second kappa shape index (κ2) is 3.87. The molecule has 0 bridgehead atoms. The molecule has 0 unspecified atom stereocenters. The fraction of sp³-hybridized carbons (Fsp3) is 0.167. The summed E-state index contributed by atoms with van der Waals surface area (Å²) in [6, 6.07) is 7.99. The van der Waals surface area contributed by atoms with Gasteiger partial charge in [-0.05, 0) is 42.8 Å². The lowest BCUT2D eigenvalue weighted by molar-refractivity contribution is 0.248. The van der Waals surface area contributed by atoms with Crippen LogP contribution in [0.5, 0.6) is 0 Å². The maximum atomic E-state index is 12.9. The average molecular weight is 206 g/mol. The Kier molecular flexibility index (Phi) is 2.56. The first-order valence-electron chi connectivity index (χ1n) is 4.67. The van der Waals surface area contributed by atoms with E-state index in [0.29, 0.717) is 11.5 Å². The summed E-state index contributed by atoms with van der Waals surface area (Å²) in [5.74, 6) is 0.899. The van der Waals surface area contributed by atoms with Crippen molar-refractivity contribution in [1.82, 2.24) is 0 Å². The Labute approximate surface area is 87.0 Å². The molecule has 0 radical (unpaired) electrons. The van der Waals surface area contributed by atoms with Crippen LogP contribution in [0, 0.1) is 12.7 Å². The van der Waals surface area contributed by atoms with Crippen molar-refractivity contribution in [2.45, 2.75) is 13.5 Å². The summed E-state index contributed by atoms with van der Waals surface area (Å²) in [6.45, 7) is 1.69. The van der Waals surface area contributed by atoms with Gasteiger partial charge in [0.2, 0.25) is 0 Å². The second-order valence-electron chi connectivity index (χ2n) is 3.38. The van der Waals surface area contributed by atoms with E-state index in [1.54, 1.807) is 18.2 Å². The van der Waals surface area contributed by atoms with Gasteiger partial charge in [0.15, 0.2) is 0 Å². The first-order valence-corrected chi connectivity index (χ1v) is 4.67. The van der Waals surface area contributed by atoms with Crippen LogP contribution in [0.15, 0.2) is 34.7 Å². The Bertz CT molecular complexity index is 474. The van der Waals surface area contributed by atoms with E-state index in [9.17, 15) is 4.39 Å². The maximum Gasteiger partial charge on any atom is 0.134 e. The van der Waals surface area contributed by atoms with Crippen LogP contribution in [0.2, 0.25) is 0 Å². The predicted molar refractivity (Wildman–Crippen MR) is 54.8 cm³/mol. The highest BCUT2D eigenvalue weighted by Gasteiger charge is 2.07. The molecule has 0 fully saturated rings. The normalized spacial score (nSPS) is 10.6. The minimum atomic E-state index is -0.259. The molecule has 0 aliphatic heterocycles. The number of hydrogen-bond acceptors (Lipinski definition) is 2. The maximum absolute atomic E-state index is 12.9. The molecular formula is C12H11FO2. The lowest BCUT2D eigenvalue weighted by atomic mass is 10.1. The number of aryl methyl sites for hydroxylation is 1. The minimum Gasteiger partial charge on any atom is -0.459 e. The van der Waals surface area contributed by atoms with Gasteiger partial charge in [0, 0.05) is 5.56 Å². The van der Waals surface area contributed by atoms with Crippen LogP contribution in [0.4, 0.5) is 4.39 Å². The Hall–Kier alpha value is -1.61. The predicted octanol–water partition coefficient (Wildman–Crippen LogP) is 2.89. The molecule has 0 amide bonds. The molecule has 0 saturated carbocycles. The molecule has 2 aromatic rings. The van der Waals surface area contributed by atoms with Crippen LogP contribution in [-0.2, 0) is 6.61 Å². The summed E-state index contributed by atoms with van der Waals surface area (Å²) in [4.78, 5) is 0. The molecule has 1 aromatic heterocycles. The number of benzene rings is 1. The van der Waals surface area contributed by atoms with Gasteiger partial charge in [-0.3, -0.25) is 0 Å². The van der Waals surface area contributed by atoms with E-state index >= 15 is 0 Å². The molecule has 1 heterocycles. The highest BCUT2D eigenvalue weighted by molar-refractivity contribution is 5.61. The Balaban J connectivity index is 2.44. The zero-order valence-electron chi connectivity index (χ0n) is 8.33. The summed E-state index contributed by atoms with van der Waals surface area (Å²) in [5.41, 5.74) is 1.66. The van der Waals surface area contributed by atoms with Crippen molar-refractivity contribution in [1.29, 1.82) is 0 Å². The summed E-state index contributed by atoms with van der Waals surface area (Å²) in [7, 11) is 0. The van der Waals surface area contributed by atoms with Gasteiger partial charge < -0.3 is 9.52 Å². The fourth-order valence-electron chi connectivity index (χ4n) is 1.51. The summed E-state index contributed by atoms with van der Waals surface area (Å²) in [6.07, 6.45) is 0. The molecule has 0 aliphatic carbocycles. The van der Waals surface area contributed by atoms with Crippen molar-refractivity contribution in [3.05, 3.63) is 47.5 Å². The van der Waals surface area contributed by atoms with E-state index < -0.39 is 0 Å². The van der Waals surface area contributed by atoms with E-state index in [0.717, 1.165) is 11.1 Å². The van der Waals surface area contributed by atoms with Crippen molar-refractivity contribution in [2.24, 2.45) is 0 Å². The van der Waals surface area contributed by atoms with Gasteiger partial charge in [0.25, 0.3) is 0 Å². The molecule has 1 aromatic carbocycles. The van der Waals surface area contributed by atoms with Crippen molar-refractivity contribution in [3.8, 4) is 11.3 Å². The number of rotatable bonds is 2. The highest BCUT2D eigenvalue weighted by atomic mass is 19.1. The zero-order chi connectivity index (χ0) is 10.8. The van der Waals surface area contributed by atoms with Crippen LogP contribution < -0.4 is 0 Å². The molecule has 0 aliphatic rings. The molecule has 15 heavy (non-hydrogen) atoms. The molecule has 2 nitrogen and oxygen atoms in total. The molecule has 2 rings (SSSR count). The number of furan rings is 1. The molecule has 0 saturated heterocycles. The van der Waals surface area contributed by atoms with Crippen molar-refractivity contribution in [3.63, 3.8) is 0 Å². The third kappa shape index (κ3) is 1.92. The number of aliphatic hydroxyl groups excluding tert-OH is 1. The van der Waals surface area contributed by atoms with Gasteiger partial charge in [0.05, 0.1) is 0 Å². The van der Waals surface area contributed by atoms with Gasteiger partial charge in [-0.25, -0.2) is 4.39 Å². The van der Waals surface area contributed by atoms with Gasteiger partial charge >= 0.3 is 0 Å². The molecule has 78 valence electrons. The highest BCUT2D eigenvalue weighted by Crippen LogP contribution is 2.25. The third-order valence-corrected chi connectivity index (χ3v) is 2.27. The van der Waals surface area contributed by atoms with Gasteiger partial charge in [-0.15, -0.1) is 0 Å². The monoisotopic (exact) mass is 206 g/mol. The first-order chi connectivity index (χ1) is 7.20. The summed E-state index contributed by atoms with van der Waals surface area (Å²) >= 11 is 0. The number of halogens is 1. The molecule has 3 heteroatoms. The van der Waals surface area contributed by atoms with Crippen LogP contribution in [-0.4, -0.2) is 5.11 Å². The topological polar surface area (TPSA) is 33.4 Å². The van der Waals surface area contributed by atoms with E-state index in [1.807, 2.05) is 6.92 Å².